The fraction of sp³-hybridized carbons (Fsp3) is 0.833. The topological polar surface area (TPSA) is 77.8 Å². The van der Waals surface area contributed by atoms with Crippen molar-refractivity contribution < 1.29 is 41.8 Å². The smallest absolute Gasteiger partial charge is 0.332 e. The molecule has 0 aromatic heterocycles. The molecule has 0 rings (SSSR count). The zero-order valence-corrected chi connectivity index (χ0v) is 8.30. The number of carboxylic acids is 1. The van der Waals surface area contributed by atoms with Crippen LogP contribution in [-0.2, 0) is 26.5 Å². The van der Waals surface area contributed by atoms with Gasteiger partial charge in [-0.3, -0.25) is 0 Å². The van der Waals surface area contributed by atoms with Gasteiger partial charge < -0.3 is 15.3 Å². The molecular weight excluding hydrogens is 184 g/mol. The molecule has 0 aromatic rings. The van der Waals surface area contributed by atoms with Crippen molar-refractivity contribution in [2.24, 2.45) is 0 Å². The molecule has 5 heteroatoms. The fourth-order valence-electron chi connectivity index (χ4n) is 0. The molecule has 0 aliphatic carbocycles. The maximum absolute atomic E-state index is 9.45. The summed E-state index contributed by atoms with van der Waals surface area (Å²) in [6.07, 6.45) is -0.356. The Balaban J connectivity index is -0.000000114. The van der Waals surface area contributed by atoms with E-state index in [0.717, 1.165) is 6.42 Å². The van der Waals surface area contributed by atoms with E-state index in [1.807, 2.05) is 6.92 Å². The van der Waals surface area contributed by atoms with Crippen molar-refractivity contribution in [1.82, 2.24) is 0 Å². The molecule has 4 nitrogen and oxygen atoms in total. The van der Waals surface area contributed by atoms with Gasteiger partial charge in [-0.25, -0.2) is 4.79 Å². The summed E-state index contributed by atoms with van der Waals surface area (Å²) in [6, 6.07) is 0. The Morgan fingerprint density at radius 3 is 1.73 bits per heavy atom. The summed E-state index contributed by atoms with van der Waals surface area (Å²) in [5.74, 6) is -1.19. The molecule has 0 heterocycles. The average Bonchev–Trinajstić information content (AvgIpc) is 1.89. The number of aliphatic hydroxyl groups excluding tert-OH is 2. The summed E-state index contributed by atoms with van der Waals surface area (Å²) in [7, 11) is 0. The summed E-state index contributed by atoms with van der Waals surface area (Å²) in [5.41, 5.74) is 0. The zero-order valence-electron chi connectivity index (χ0n) is 6.74. The van der Waals surface area contributed by atoms with Gasteiger partial charge in [0.05, 0.1) is 0 Å². The maximum Gasteiger partial charge on any atom is 0.332 e. The van der Waals surface area contributed by atoms with Crippen LogP contribution in [0, 0.1) is 0 Å². The third-order valence-corrected chi connectivity index (χ3v) is 0.581. The summed E-state index contributed by atoms with van der Waals surface area (Å²) < 4.78 is 0. The molecule has 66 valence electrons. The van der Waals surface area contributed by atoms with Crippen molar-refractivity contribution in [2.75, 3.05) is 6.61 Å². The van der Waals surface area contributed by atoms with Gasteiger partial charge in [0.1, 0.15) is 6.10 Å². The van der Waals surface area contributed by atoms with Crippen LogP contribution in [0.25, 0.3) is 0 Å². The van der Waals surface area contributed by atoms with Gasteiger partial charge >= 0.3 is 5.97 Å². The van der Waals surface area contributed by atoms with E-state index >= 15 is 0 Å². The Kier molecular flexibility index (Phi) is 20.0. The van der Waals surface area contributed by atoms with E-state index in [1.54, 1.807) is 0 Å². The van der Waals surface area contributed by atoms with Crippen LogP contribution in [0.3, 0.4) is 0 Å². The second-order valence-electron chi connectivity index (χ2n) is 1.74. The number of hydrogen-bond donors (Lipinski definition) is 3. The average molecular weight is 198 g/mol. The molecule has 0 fully saturated rings. The fourth-order valence-corrected chi connectivity index (χ4v) is 0. The quantitative estimate of drug-likeness (QED) is 0.538. The first-order chi connectivity index (χ1) is 4.56. The van der Waals surface area contributed by atoms with Crippen LogP contribution < -0.4 is 0 Å². The molecule has 3 N–H and O–H groups in total. The Morgan fingerprint density at radius 1 is 1.55 bits per heavy atom. The van der Waals surface area contributed by atoms with Crippen LogP contribution >= 0.6 is 0 Å². The number of rotatable bonds is 2. The first kappa shape index (κ1) is 17.3. The first-order valence-electron chi connectivity index (χ1n) is 3.08. The van der Waals surface area contributed by atoms with E-state index in [4.69, 9.17) is 15.3 Å². The summed E-state index contributed by atoms with van der Waals surface area (Å²) in [4.78, 5) is 9.45. The van der Waals surface area contributed by atoms with E-state index in [-0.39, 0.29) is 21.7 Å². The molecule has 0 saturated heterocycles. The summed E-state index contributed by atoms with van der Waals surface area (Å²) >= 11 is 0. The number of carboxylic acid groups (broad SMARTS) is 1. The van der Waals surface area contributed by atoms with Crippen LogP contribution in [0.4, 0.5) is 0 Å². The van der Waals surface area contributed by atoms with Gasteiger partial charge in [0.15, 0.2) is 0 Å². The van der Waals surface area contributed by atoms with Crippen LogP contribution in [0.15, 0.2) is 0 Å². The minimum Gasteiger partial charge on any atom is -0.479 e. The predicted molar refractivity (Wildman–Crippen MR) is 36.7 cm³/mol. The molecule has 1 unspecified atom stereocenters. The SMILES string of the molecule is CC(O)C(=O)O.CCCO.[Ti]. The van der Waals surface area contributed by atoms with Crippen LogP contribution in [-0.4, -0.2) is 34.0 Å². The number of carbonyl (C=O) groups is 1. The van der Waals surface area contributed by atoms with Gasteiger partial charge in [0, 0.05) is 28.3 Å². The number of aliphatic carboxylic acids is 1. The van der Waals surface area contributed by atoms with Crippen LogP contribution in [0.5, 0.6) is 0 Å². The third-order valence-electron chi connectivity index (χ3n) is 0.581. The Hall–Kier alpha value is 0.104. The van der Waals surface area contributed by atoms with E-state index in [9.17, 15) is 4.79 Å². The standard InChI is InChI=1S/C3H6O3.C3H8O.Ti/c1-2(4)3(5)6;1-2-3-4;/h2,4H,1H3,(H,5,6);4H,2-3H2,1H3;. The largest absolute Gasteiger partial charge is 0.479 e. The molecule has 0 amide bonds. The second-order valence-corrected chi connectivity index (χ2v) is 1.74. The van der Waals surface area contributed by atoms with Crippen molar-refractivity contribution in [3.05, 3.63) is 0 Å². The third kappa shape index (κ3) is 25.5. The molecule has 0 radical (unpaired) electrons. The molecule has 0 aliphatic rings. The van der Waals surface area contributed by atoms with Gasteiger partial charge in [-0.05, 0) is 13.3 Å². The number of aliphatic hydroxyl groups is 2. The van der Waals surface area contributed by atoms with E-state index in [0.29, 0.717) is 6.61 Å². The molecule has 0 aliphatic heterocycles. The minimum absolute atomic E-state index is 0. The van der Waals surface area contributed by atoms with Gasteiger partial charge in [-0.15, -0.1) is 0 Å². The molecule has 11 heavy (non-hydrogen) atoms. The van der Waals surface area contributed by atoms with Crippen molar-refractivity contribution >= 4 is 5.97 Å². The Morgan fingerprint density at radius 2 is 1.73 bits per heavy atom. The van der Waals surface area contributed by atoms with E-state index < -0.39 is 12.1 Å². The van der Waals surface area contributed by atoms with Crippen LogP contribution in [0.2, 0.25) is 0 Å². The molecular formula is C6H14O4Ti. The summed E-state index contributed by atoms with van der Waals surface area (Å²) in [5, 5.41) is 23.6. The Bertz CT molecular complexity index is 82.7. The van der Waals surface area contributed by atoms with Crippen LogP contribution in [0.1, 0.15) is 20.3 Å². The maximum atomic E-state index is 9.45. The monoisotopic (exact) mass is 198 g/mol. The minimum atomic E-state index is -1.23. The van der Waals surface area contributed by atoms with Crippen molar-refractivity contribution in [1.29, 1.82) is 0 Å². The van der Waals surface area contributed by atoms with Crippen molar-refractivity contribution in [3.8, 4) is 0 Å². The molecule has 0 bridgehead atoms. The summed E-state index contributed by atoms with van der Waals surface area (Å²) in [6.45, 7) is 3.45. The van der Waals surface area contributed by atoms with E-state index in [2.05, 4.69) is 0 Å². The normalized spacial score (nSPS) is 10.2. The van der Waals surface area contributed by atoms with Gasteiger partial charge in [0.2, 0.25) is 0 Å². The molecule has 1 atom stereocenters. The zero-order chi connectivity index (χ0) is 8.57. The van der Waals surface area contributed by atoms with Crippen molar-refractivity contribution in [2.45, 2.75) is 26.4 Å². The first-order valence-corrected chi connectivity index (χ1v) is 3.08. The molecule has 0 spiro atoms. The van der Waals surface area contributed by atoms with Gasteiger partial charge in [0.25, 0.3) is 0 Å². The Labute approximate surface area is 81.1 Å². The second kappa shape index (κ2) is 12.8. The molecule has 0 saturated carbocycles. The molecule has 0 aromatic carbocycles. The predicted octanol–water partition coefficient (Wildman–Crippen LogP) is -0.162. The van der Waals surface area contributed by atoms with Gasteiger partial charge in [-0.2, -0.15) is 0 Å². The van der Waals surface area contributed by atoms with E-state index in [1.165, 1.54) is 6.92 Å². The van der Waals surface area contributed by atoms with Crippen molar-refractivity contribution in [3.63, 3.8) is 0 Å². The van der Waals surface area contributed by atoms with Gasteiger partial charge in [-0.1, -0.05) is 6.92 Å². The number of hydrogen-bond acceptors (Lipinski definition) is 3.